The van der Waals surface area contributed by atoms with Crippen molar-refractivity contribution in [2.24, 2.45) is 5.11 Å². The van der Waals surface area contributed by atoms with Crippen LogP contribution in [0.4, 0.5) is 11.4 Å². The number of benzene rings is 2. The minimum Gasteiger partial charge on any atom is -0.380 e. The van der Waals surface area contributed by atoms with E-state index in [4.69, 9.17) is 5.53 Å². The number of anilines is 2. The Morgan fingerprint density at radius 3 is 2.10 bits per heavy atom. The van der Waals surface area contributed by atoms with Gasteiger partial charge in [-0.1, -0.05) is 18.0 Å². The van der Waals surface area contributed by atoms with Crippen LogP contribution in [-0.2, 0) is 0 Å². The summed E-state index contributed by atoms with van der Waals surface area (Å²) in [5.41, 5.74) is 11.5. The number of azide groups is 1. The lowest BCUT2D eigenvalue weighted by atomic mass is 9.90. The number of carbonyl (C=O) groups excluding carboxylic acids is 2. The molecule has 29 heavy (non-hydrogen) atoms. The number of hydrogen-bond acceptors (Lipinski definition) is 5. The molecule has 3 aliphatic rings. The fourth-order valence-corrected chi connectivity index (χ4v) is 4.90. The molecule has 2 aliphatic heterocycles. The molecule has 1 fully saturated rings. The van der Waals surface area contributed by atoms with Crippen molar-refractivity contribution in [1.82, 2.24) is 4.90 Å². The zero-order chi connectivity index (χ0) is 20.0. The van der Waals surface area contributed by atoms with Gasteiger partial charge in [0.1, 0.15) is 0 Å². The molecule has 8 heteroatoms. The van der Waals surface area contributed by atoms with E-state index < -0.39 is 0 Å². The number of hydrogen-bond donors (Lipinski definition) is 2. The summed E-state index contributed by atoms with van der Waals surface area (Å²) in [6.45, 7) is 0.492. The number of fused-ring (bicyclic) bond motifs is 1. The van der Waals surface area contributed by atoms with Gasteiger partial charge >= 0.3 is 0 Å². The molecule has 2 unspecified atom stereocenters. The molecule has 2 atom stereocenters. The molecule has 2 heterocycles. The minimum absolute atomic E-state index is 0.238. The van der Waals surface area contributed by atoms with E-state index in [2.05, 4.69) is 20.7 Å². The highest BCUT2D eigenvalue weighted by Crippen LogP contribution is 2.42. The van der Waals surface area contributed by atoms with Crippen LogP contribution in [0.3, 0.4) is 0 Å². The summed E-state index contributed by atoms with van der Waals surface area (Å²) in [6, 6.07) is 8.29. The first-order valence-electron chi connectivity index (χ1n) is 10.2. The standard InChI is InChI=1S/C21H22N6O2/c22-26-23-10-3-11-27-20(28)12-6-8-16-19-17(9-7-13(18(12)19)21(27)29)25-15-5-2-1-4-14(15)24-16/h6-9,14-15,24-25H,1-5,10-11H2. The molecule has 5 rings (SSSR count). The first kappa shape index (κ1) is 17.8. The predicted octanol–water partition coefficient (Wildman–Crippen LogP) is 4.28. The summed E-state index contributed by atoms with van der Waals surface area (Å²) in [4.78, 5) is 30.2. The maximum atomic E-state index is 13.1. The molecule has 2 aromatic carbocycles. The summed E-state index contributed by atoms with van der Waals surface area (Å²) in [6.07, 6.45) is 5.08. The molecule has 0 saturated heterocycles. The van der Waals surface area contributed by atoms with Crippen molar-refractivity contribution < 1.29 is 9.59 Å². The van der Waals surface area contributed by atoms with Crippen LogP contribution < -0.4 is 10.6 Å². The molecule has 0 spiro atoms. The highest BCUT2D eigenvalue weighted by atomic mass is 16.2. The van der Waals surface area contributed by atoms with Crippen LogP contribution in [0.1, 0.15) is 52.8 Å². The number of imide groups is 1. The van der Waals surface area contributed by atoms with E-state index >= 15 is 0 Å². The van der Waals surface area contributed by atoms with Crippen LogP contribution >= 0.6 is 0 Å². The molecule has 8 nitrogen and oxygen atoms in total. The van der Waals surface area contributed by atoms with Gasteiger partial charge in [-0.25, -0.2) is 0 Å². The number of carbonyl (C=O) groups is 2. The van der Waals surface area contributed by atoms with Crippen molar-refractivity contribution in [3.05, 3.63) is 45.8 Å². The Balaban J connectivity index is 1.59. The van der Waals surface area contributed by atoms with Gasteiger partial charge in [0.2, 0.25) is 0 Å². The van der Waals surface area contributed by atoms with Crippen molar-refractivity contribution in [2.75, 3.05) is 23.7 Å². The Morgan fingerprint density at radius 2 is 1.55 bits per heavy atom. The second-order valence-electron chi connectivity index (χ2n) is 7.93. The van der Waals surface area contributed by atoms with Crippen LogP contribution in [0.15, 0.2) is 29.4 Å². The third-order valence-corrected chi connectivity index (χ3v) is 6.26. The highest BCUT2D eigenvalue weighted by molar-refractivity contribution is 6.28. The molecule has 1 saturated carbocycles. The van der Waals surface area contributed by atoms with Gasteiger partial charge in [0.05, 0.1) is 0 Å². The van der Waals surface area contributed by atoms with E-state index in [9.17, 15) is 9.59 Å². The largest absolute Gasteiger partial charge is 0.380 e. The van der Waals surface area contributed by atoms with Gasteiger partial charge in [0, 0.05) is 63.4 Å². The van der Waals surface area contributed by atoms with Crippen LogP contribution in [0.25, 0.3) is 21.2 Å². The summed E-state index contributed by atoms with van der Waals surface area (Å²) >= 11 is 0. The quantitative estimate of drug-likeness (QED) is 0.267. The normalized spacial score (nSPS) is 22.3. The van der Waals surface area contributed by atoms with Gasteiger partial charge < -0.3 is 10.6 Å². The van der Waals surface area contributed by atoms with Gasteiger partial charge in [-0.05, 0) is 49.1 Å². The first-order valence-corrected chi connectivity index (χ1v) is 10.2. The summed E-state index contributed by atoms with van der Waals surface area (Å²) < 4.78 is 0. The maximum Gasteiger partial charge on any atom is 0.261 e. The summed E-state index contributed by atoms with van der Waals surface area (Å²) in [5.74, 6) is -0.567. The first-order chi connectivity index (χ1) is 14.2. The molecule has 0 radical (unpaired) electrons. The van der Waals surface area contributed by atoms with Gasteiger partial charge in [0.15, 0.2) is 0 Å². The predicted molar refractivity (Wildman–Crippen MR) is 111 cm³/mol. The van der Waals surface area contributed by atoms with Crippen molar-refractivity contribution >= 4 is 34.0 Å². The number of amides is 2. The van der Waals surface area contributed by atoms with Gasteiger partial charge in [-0.2, -0.15) is 0 Å². The van der Waals surface area contributed by atoms with Crippen molar-refractivity contribution in [2.45, 2.75) is 44.2 Å². The van der Waals surface area contributed by atoms with E-state index in [1.54, 1.807) is 0 Å². The fourth-order valence-electron chi connectivity index (χ4n) is 4.90. The molecular weight excluding hydrogens is 368 g/mol. The van der Waals surface area contributed by atoms with E-state index in [1.165, 1.54) is 17.7 Å². The Hall–Kier alpha value is -3.25. The van der Waals surface area contributed by atoms with E-state index in [1.807, 2.05) is 24.3 Å². The summed E-state index contributed by atoms with van der Waals surface area (Å²) in [7, 11) is 0. The molecule has 0 aromatic heterocycles. The van der Waals surface area contributed by atoms with Gasteiger partial charge in [0.25, 0.3) is 11.8 Å². The second kappa shape index (κ2) is 6.97. The lowest BCUT2D eigenvalue weighted by Gasteiger charge is -2.32. The van der Waals surface area contributed by atoms with Crippen LogP contribution in [0.5, 0.6) is 0 Å². The van der Waals surface area contributed by atoms with Crippen LogP contribution in [-0.4, -0.2) is 41.9 Å². The lowest BCUT2D eigenvalue weighted by molar-refractivity contribution is 0.0610. The summed E-state index contributed by atoms with van der Waals surface area (Å²) in [5, 5.41) is 12.5. The van der Waals surface area contributed by atoms with Crippen molar-refractivity contribution in [3.8, 4) is 0 Å². The smallest absolute Gasteiger partial charge is 0.261 e. The molecule has 1 aliphatic carbocycles. The molecule has 2 amide bonds. The van der Waals surface area contributed by atoms with E-state index in [0.717, 1.165) is 35.0 Å². The maximum absolute atomic E-state index is 13.1. The monoisotopic (exact) mass is 390 g/mol. The lowest BCUT2D eigenvalue weighted by Crippen LogP contribution is -2.41. The molecule has 2 aromatic rings. The van der Waals surface area contributed by atoms with Crippen molar-refractivity contribution in [1.29, 1.82) is 0 Å². The Morgan fingerprint density at radius 1 is 0.966 bits per heavy atom. The Bertz CT molecular complexity index is 1010. The van der Waals surface area contributed by atoms with Crippen molar-refractivity contribution in [3.63, 3.8) is 0 Å². The van der Waals surface area contributed by atoms with Gasteiger partial charge in [-0.15, -0.1) is 0 Å². The molecule has 148 valence electrons. The van der Waals surface area contributed by atoms with Crippen LogP contribution in [0.2, 0.25) is 0 Å². The third kappa shape index (κ3) is 2.79. The zero-order valence-electron chi connectivity index (χ0n) is 16.0. The highest BCUT2D eigenvalue weighted by Gasteiger charge is 2.36. The molecule has 2 N–H and O–H groups in total. The topological polar surface area (TPSA) is 110 Å². The second-order valence-corrected chi connectivity index (χ2v) is 7.93. The number of nitrogens with one attached hydrogen (secondary N) is 2. The number of nitrogens with zero attached hydrogens (tertiary/aromatic N) is 4. The average molecular weight is 390 g/mol. The third-order valence-electron chi connectivity index (χ3n) is 6.26. The molecule has 0 bridgehead atoms. The minimum atomic E-state index is -0.284. The Labute approximate surface area is 167 Å². The van der Waals surface area contributed by atoms with Crippen LogP contribution in [0, 0.1) is 0 Å². The van der Waals surface area contributed by atoms with E-state index in [-0.39, 0.29) is 24.9 Å². The Kier molecular flexibility index (Phi) is 4.28. The SMILES string of the molecule is [N-]=[N+]=NCCCN1C(=O)c2ccc3c4c(ccc(c24)C1=O)NC1CCCCC1N3. The fraction of sp³-hybridized carbons (Fsp3) is 0.429. The zero-order valence-corrected chi connectivity index (χ0v) is 16.0. The van der Waals surface area contributed by atoms with E-state index in [0.29, 0.717) is 29.6 Å². The van der Waals surface area contributed by atoms with Gasteiger partial charge in [-0.3, -0.25) is 14.5 Å². The average Bonchev–Trinajstić information content (AvgIpc) is 2.90. The molecular formula is C21H22N6O2. The number of rotatable bonds is 4.